The zero-order valence-corrected chi connectivity index (χ0v) is 11.9. The van der Waals surface area contributed by atoms with Crippen molar-refractivity contribution in [1.29, 1.82) is 0 Å². The van der Waals surface area contributed by atoms with Gasteiger partial charge in [-0.2, -0.15) is 0 Å². The van der Waals surface area contributed by atoms with E-state index in [1.807, 2.05) is 6.07 Å². The second-order valence-corrected chi connectivity index (χ2v) is 5.83. The maximum absolute atomic E-state index is 13.4. The molecule has 2 unspecified atom stereocenters. The Labute approximate surface area is 113 Å². The summed E-state index contributed by atoms with van der Waals surface area (Å²) in [4.78, 5) is 4.41. The van der Waals surface area contributed by atoms with Crippen molar-refractivity contribution in [3.8, 4) is 0 Å². The Hall–Kier alpha value is -0.550. The van der Waals surface area contributed by atoms with Gasteiger partial charge in [-0.25, -0.2) is 4.39 Å². The lowest BCUT2D eigenvalue weighted by atomic mass is 10.2. The predicted molar refractivity (Wildman–Crippen MR) is 75.3 cm³/mol. The Morgan fingerprint density at radius 2 is 2.24 bits per heavy atom. The molecule has 92 valence electrons. The first-order valence-electron chi connectivity index (χ1n) is 5.47. The fourth-order valence-corrected chi connectivity index (χ4v) is 3.57. The molecule has 0 spiro atoms. The lowest BCUT2D eigenvalue weighted by molar-refractivity contribution is 0.610. The topological polar surface area (TPSA) is 24.4 Å². The molecular formula is C12H14BrFN2S. The quantitative estimate of drug-likeness (QED) is 0.866. The van der Waals surface area contributed by atoms with Crippen LogP contribution in [0.4, 0.5) is 4.39 Å². The number of benzene rings is 1. The van der Waals surface area contributed by atoms with Crippen LogP contribution >= 0.6 is 27.7 Å². The van der Waals surface area contributed by atoms with Crippen molar-refractivity contribution < 1.29 is 4.39 Å². The number of amidine groups is 1. The van der Waals surface area contributed by atoms with Crippen LogP contribution in [0, 0.1) is 5.82 Å². The summed E-state index contributed by atoms with van der Waals surface area (Å²) in [6.07, 6.45) is 0. The zero-order valence-electron chi connectivity index (χ0n) is 9.49. The summed E-state index contributed by atoms with van der Waals surface area (Å²) in [6, 6.07) is 7.16. The number of hydrogen-bond donors (Lipinski definition) is 1. The lowest BCUT2D eigenvalue weighted by Crippen LogP contribution is -2.28. The summed E-state index contributed by atoms with van der Waals surface area (Å²) < 4.78 is 13.4. The van der Waals surface area contributed by atoms with Crippen LogP contribution in [-0.4, -0.2) is 21.8 Å². The van der Waals surface area contributed by atoms with Crippen molar-refractivity contribution >= 4 is 32.9 Å². The molecule has 0 saturated carbocycles. The van der Waals surface area contributed by atoms with E-state index in [1.165, 1.54) is 6.07 Å². The average Bonchev–Trinajstić information content (AvgIpc) is 2.69. The van der Waals surface area contributed by atoms with Gasteiger partial charge in [0.25, 0.3) is 0 Å². The third-order valence-electron chi connectivity index (χ3n) is 2.67. The van der Waals surface area contributed by atoms with Gasteiger partial charge in [-0.1, -0.05) is 45.9 Å². The summed E-state index contributed by atoms with van der Waals surface area (Å²) >= 11 is 5.19. The molecule has 17 heavy (non-hydrogen) atoms. The SMILES string of the molecule is CC1NC(=NCc2ccccc2F)SC1CBr. The second kappa shape index (κ2) is 5.87. The van der Waals surface area contributed by atoms with Crippen molar-refractivity contribution in [2.24, 2.45) is 4.99 Å². The van der Waals surface area contributed by atoms with Gasteiger partial charge < -0.3 is 5.32 Å². The Kier molecular flexibility index (Phi) is 4.45. The molecule has 1 aromatic carbocycles. The molecule has 2 nitrogen and oxygen atoms in total. The van der Waals surface area contributed by atoms with Crippen LogP contribution in [0.3, 0.4) is 0 Å². The van der Waals surface area contributed by atoms with Crippen LogP contribution in [0.15, 0.2) is 29.3 Å². The number of aliphatic imine (C=N–C) groups is 1. The van der Waals surface area contributed by atoms with E-state index in [0.29, 0.717) is 23.4 Å². The first-order chi connectivity index (χ1) is 8.20. The molecule has 1 aliphatic rings. The monoisotopic (exact) mass is 316 g/mol. The van der Waals surface area contributed by atoms with Crippen LogP contribution in [0.25, 0.3) is 0 Å². The number of hydrogen-bond acceptors (Lipinski definition) is 2. The molecule has 0 bridgehead atoms. The fraction of sp³-hybridized carbons (Fsp3) is 0.417. The standard InChI is InChI=1S/C12H14BrFN2S/c1-8-11(6-13)17-12(16-8)15-7-9-4-2-3-5-10(9)14/h2-5,8,11H,6-7H2,1H3,(H,15,16). The number of nitrogens with zero attached hydrogens (tertiary/aromatic N) is 1. The Morgan fingerprint density at radius 1 is 1.47 bits per heavy atom. The molecule has 1 aromatic rings. The predicted octanol–water partition coefficient (Wildman–Crippen LogP) is 3.17. The van der Waals surface area contributed by atoms with E-state index < -0.39 is 0 Å². The van der Waals surface area contributed by atoms with Crippen molar-refractivity contribution in [1.82, 2.24) is 5.32 Å². The number of thioether (sulfide) groups is 1. The van der Waals surface area contributed by atoms with E-state index >= 15 is 0 Å². The minimum Gasteiger partial charge on any atom is -0.361 e. The number of nitrogens with one attached hydrogen (secondary N) is 1. The van der Waals surface area contributed by atoms with Gasteiger partial charge in [0, 0.05) is 22.2 Å². The van der Waals surface area contributed by atoms with Crippen molar-refractivity contribution in [3.63, 3.8) is 0 Å². The highest BCUT2D eigenvalue weighted by molar-refractivity contribution is 9.09. The molecule has 2 rings (SSSR count). The molecule has 5 heteroatoms. The number of alkyl halides is 1. The van der Waals surface area contributed by atoms with Gasteiger partial charge in [0.2, 0.25) is 0 Å². The van der Waals surface area contributed by atoms with Crippen molar-refractivity contribution in [2.45, 2.75) is 24.8 Å². The van der Waals surface area contributed by atoms with Crippen LogP contribution in [-0.2, 0) is 6.54 Å². The highest BCUT2D eigenvalue weighted by Gasteiger charge is 2.27. The molecule has 2 atom stereocenters. The summed E-state index contributed by atoms with van der Waals surface area (Å²) in [5.74, 6) is -0.190. The lowest BCUT2D eigenvalue weighted by Gasteiger charge is -2.07. The molecule has 0 amide bonds. The maximum atomic E-state index is 13.4. The van der Waals surface area contributed by atoms with E-state index in [9.17, 15) is 4.39 Å². The summed E-state index contributed by atoms with van der Waals surface area (Å²) in [5.41, 5.74) is 0.636. The smallest absolute Gasteiger partial charge is 0.157 e. The third-order valence-corrected chi connectivity index (χ3v) is 5.15. The van der Waals surface area contributed by atoms with Gasteiger partial charge >= 0.3 is 0 Å². The molecule has 0 radical (unpaired) electrons. The van der Waals surface area contributed by atoms with Gasteiger partial charge in [0.05, 0.1) is 6.54 Å². The van der Waals surface area contributed by atoms with Crippen molar-refractivity contribution in [2.75, 3.05) is 5.33 Å². The van der Waals surface area contributed by atoms with Gasteiger partial charge in [-0.3, -0.25) is 4.99 Å². The molecular weight excluding hydrogens is 303 g/mol. The summed E-state index contributed by atoms with van der Waals surface area (Å²) in [7, 11) is 0. The van der Waals surface area contributed by atoms with E-state index in [4.69, 9.17) is 0 Å². The fourth-order valence-electron chi connectivity index (χ4n) is 1.60. The van der Waals surface area contributed by atoms with Crippen LogP contribution in [0.1, 0.15) is 12.5 Å². The minimum atomic E-state index is -0.190. The Morgan fingerprint density at radius 3 is 2.88 bits per heavy atom. The van der Waals surface area contributed by atoms with Gasteiger partial charge in [-0.15, -0.1) is 0 Å². The normalized spacial score (nSPS) is 26.2. The molecule has 0 aliphatic carbocycles. The van der Waals surface area contributed by atoms with E-state index in [0.717, 1.165) is 10.5 Å². The Bertz CT molecular complexity index is 425. The molecule has 1 N–H and O–H groups in total. The highest BCUT2D eigenvalue weighted by atomic mass is 79.9. The molecule has 0 aromatic heterocycles. The molecule has 1 heterocycles. The van der Waals surface area contributed by atoms with E-state index in [-0.39, 0.29) is 5.82 Å². The number of rotatable bonds is 3. The van der Waals surface area contributed by atoms with Crippen LogP contribution in [0.2, 0.25) is 0 Å². The summed E-state index contributed by atoms with van der Waals surface area (Å²) in [6.45, 7) is 2.52. The molecule has 1 aliphatic heterocycles. The van der Waals surface area contributed by atoms with Crippen molar-refractivity contribution in [3.05, 3.63) is 35.6 Å². The summed E-state index contributed by atoms with van der Waals surface area (Å²) in [5, 5.41) is 5.64. The molecule has 1 saturated heterocycles. The van der Waals surface area contributed by atoms with Gasteiger partial charge in [0.1, 0.15) is 5.82 Å². The number of halogens is 2. The van der Waals surface area contributed by atoms with Gasteiger partial charge in [-0.05, 0) is 13.0 Å². The largest absolute Gasteiger partial charge is 0.361 e. The van der Waals surface area contributed by atoms with Crippen LogP contribution in [0.5, 0.6) is 0 Å². The Balaban J connectivity index is 2.01. The zero-order chi connectivity index (χ0) is 12.3. The van der Waals surface area contributed by atoms with E-state index in [2.05, 4.69) is 33.2 Å². The highest BCUT2D eigenvalue weighted by Crippen LogP contribution is 2.25. The third kappa shape index (κ3) is 3.22. The average molecular weight is 317 g/mol. The first-order valence-corrected chi connectivity index (χ1v) is 7.48. The first kappa shape index (κ1) is 12.9. The second-order valence-electron chi connectivity index (χ2n) is 3.96. The minimum absolute atomic E-state index is 0.190. The van der Waals surface area contributed by atoms with E-state index in [1.54, 1.807) is 23.9 Å². The van der Waals surface area contributed by atoms with Crippen LogP contribution < -0.4 is 5.32 Å². The maximum Gasteiger partial charge on any atom is 0.157 e. The van der Waals surface area contributed by atoms with Gasteiger partial charge in [0.15, 0.2) is 5.17 Å². The molecule has 1 fully saturated rings.